The number of rotatable bonds is 1. The van der Waals surface area contributed by atoms with Crippen LogP contribution in [0.25, 0.3) is 0 Å². The fourth-order valence-corrected chi connectivity index (χ4v) is 2.79. The Bertz CT molecular complexity index is 483. The second-order valence-electron chi connectivity index (χ2n) is 10.0. The minimum absolute atomic E-state index is 0.0296. The molecule has 1 rings (SSSR count). The molecular weight excluding hydrogens is 320 g/mol. The number of hydrogen-bond donors (Lipinski definition) is 0. The Kier molecular flexibility index (Phi) is 6.41. The maximum atomic E-state index is 12.6. The number of carbonyl (C=O) groups is 2. The zero-order valence-electron chi connectivity index (χ0n) is 17.4. The van der Waals surface area contributed by atoms with Crippen molar-refractivity contribution in [3.05, 3.63) is 0 Å². The summed E-state index contributed by atoms with van der Waals surface area (Å²) in [6.45, 7) is 18.9. The van der Waals surface area contributed by atoms with Crippen molar-refractivity contribution in [3.63, 3.8) is 0 Å². The van der Waals surface area contributed by atoms with Crippen molar-refractivity contribution in [3.8, 4) is 0 Å². The maximum absolute atomic E-state index is 12.6. The molecule has 1 heterocycles. The zero-order valence-corrected chi connectivity index (χ0v) is 17.4. The van der Waals surface area contributed by atoms with Crippen LogP contribution in [0.5, 0.6) is 0 Å². The van der Waals surface area contributed by atoms with Gasteiger partial charge in [0.1, 0.15) is 11.2 Å². The number of hydrogen-bond acceptors (Lipinski definition) is 4. The molecule has 0 saturated carbocycles. The predicted octanol–water partition coefficient (Wildman–Crippen LogP) is 4.28. The van der Waals surface area contributed by atoms with Crippen LogP contribution in [0.1, 0.15) is 68.7 Å². The number of ether oxygens (including phenoxy) is 2. The summed E-state index contributed by atoms with van der Waals surface area (Å²) in [5.41, 5.74) is -1.04. The van der Waals surface area contributed by atoms with E-state index in [4.69, 9.17) is 9.47 Å². The van der Waals surface area contributed by atoms with E-state index in [-0.39, 0.29) is 23.6 Å². The summed E-state index contributed by atoms with van der Waals surface area (Å²) in [4.78, 5) is 28.4. The van der Waals surface area contributed by atoms with E-state index in [1.54, 1.807) is 9.80 Å². The highest BCUT2D eigenvalue weighted by Gasteiger charge is 2.37. The summed E-state index contributed by atoms with van der Waals surface area (Å²) < 4.78 is 11.0. The Morgan fingerprint density at radius 1 is 0.840 bits per heavy atom. The molecule has 1 aliphatic rings. The lowest BCUT2D eigenvalue weighted by Crippen LogP contribution is -2.58. The van der Waals surface area contributed by atoms with Crippen molar-refractivity contribution in [2.24, 2.45) is 5.41 Å². The first-order valence-corrected chi connectivity index (χ1v) is 9.05. The summed E-state index contributed by atoms with van der Waals surface area (Å²) in [7, 11) is 0. The lowest BCUT2D eigenvalue weighted by Gasteiger charge is -2.43. The summed E-state index contributed by atoms with van der Waals surface area (Å²) >= 11 is 0. The van der Waals surface area contributed by atoms with Gasteiger partial charge in [-0.1, -0.05) is 20.8 Å². The van der Waals surface area contributed by atoms with E-state index in [9.17, 15) is 9.59 Å². The zero-order chi connectivity index (χ0) is 19.6. The highest BCUT2D eigenvalue weighted by molar-refractivity contribution is 5.71. The van der Waals surface area contributed by atoms with E-state index in [1.807, 2.05) is 41.5 Å². The van der Waals surface area contributed by atoms with Crippen LogP contribution in [0.3, 0.4) is 0 Å². The largest absolute Gasteiger partial charge is 0.444 e. The van der Waals surface area contributed by atoms with Crippen LogP contribution >= 0.6 is 0 Å². The van der Waals surface area contributed by atoms with Gasteiger partial charge in [-0.25, -0.2) is 9.59 Å². The normalized spacial score (nSPS) is 19.6. The van der Waals surface area contributed by atoms with E-state index >= 15 is 0 Å². The maximum Gasteiger partial charge on any atom is 0.410 e. The van der Waals surface area contributed by atoms with Crippen LogP contribution < -0.4 is 0 Å². The summed E-state index contributed by atoms with van der Waals surface area (Å²) in [6.07, 6.45) is 0.145. The molecular formula is C19H36N2O4. The van der Waals surface area contributed by atoms with E-state index in [0.717, 1.165) is 6.42 Å². The summed E-state index contributed by atoms with van der Waals surface area (Å²) in [6, 6.07) is -0.0869. The minimum atomic E-state index is -0.536. The van der Waals surface area contributed by atoms with Crippen LogP contribution in [-0.4, -0.2) is 58.9 Å². The van der Waals surface area contributed by atoms with Gasteiger partial charge in [-0.2, -0.15) is 0 Å². The molecule has 0 bridgehead atoms. The fourth-order valence-electron chi connectivity index (χ4n) is 2.79. The van der Waals surface area contributed by atoms with Crippen LogP contribution in [0.4, 0.5) is 9.59 Å². The Labute approximate surface area is 152 Å². The average molecular weight is 357 g/mol. The van der Waals surface area contributed by atoms with Crippen molar-refractivity contribution >= 4 is 12.2 Å². The molecule has 0 aromatic rings. The summed E-state index contributed by atoms with van der Waals surface area (Å²) in [5.74, 6) is 0. The number of piperazine rings is 1. The van der Waals surface area contributed by atoms with Crippen LogP contribution in [-0.2, 0) is 9.47 Å². The van der Waals surface area contributed by atoms with Gasteiger partial charge in [0.05, 0.1) is 6.04 Å². The van der Waals surface area contributed by atoms with Gasteiger partial charge in [-0.3, -0.25) is 0 Å². The van der Waals surface area contributed by atoms with Gasteiger partial charge >= 0.3 is 12.2 Å². The standard InChI is InChI=1S/C19H36N2O4/c1-17(2,3)12-14-13-20(15(22)24-18(4,5)6)10-11-21(14)16(23)25-19(7,8)9/h14H,10-13H2,1-9H3. The molecule has 0 aliphatic carbocycles. The topological polar surface area (TPSA) is 59.1 Å². The van der Waals surface area contributed by atoms with Crippen molar-refractivity contribution in [2.75, 3.05) is 19.6 Å². The monoisotopic (exact) mass is 356 g/mol. The molecule has 0 radical (unpaired) electrons. The van der Waals surface area contributed by atoms with Crippen molar-refractivity contribution in [1.29, 1.82) is 0 Å². The first-order valence-electron chi connectivity index (χ1n) is 9.05. The van der Waals surface area contributed by atoms with Gasteiger partial charge in [-0.15, -0.1) is 0 Å². The molecule has 25 heavy (non-hydrogen) atoms. The Morgan fingerprint density at radius 2 is 1.32 bits per heavy atom. The van der Waals surface area contributed by atoms with Gasteiger partial charge in [0.2, 0.25) is 0 Å². The molecule has 0 spiro atoms. The lowest BCUT2D eigenvalue weighted by molar-refractivity contribution is -0.0200. The smallest absolute Gasteiger partial charge is 0.410 e. The first kappa shape index (κ1) is 21.6. The highest BCUT2D eigenvalue weighted by atomic mass is 16.6. The SMILES string of the molecule is CC(C)(C)CC1CN(C(=O)OC(C)(C)C)CCN1C(=O)OC(C)(C)C. The van der Waals surface area contributed by atoms with Gasteiger partial charge < -0.3 is 19.3 Å². The number of amides is 2. The molecule has 6 nitrogen and oxygen atoms in total. The van der Waals surface area contributed by atoms with E-state index in [2.05, 4.69) is 20.8 Å². The minimum Gasteiger partial charge on any atom is -0.444 e. The van der Waals surface area contributed by atoms with E-state index in [0.29, 0.717) is 19.6 Å². The quantitative estimate of drug-likeness (QED) is 0.703. The molecule has 6 heteroatoms. The lowest BCUT2D eigenvalue weighted by atomic mass is 9.86. The Balaban J connectivity index is 2.88. The number of carbonyl (C=O) groups excluding carboxylic acids is 2. The molecule has 2 amide bonds. The van der Waals surface area contributed by atoms with Crippen molar-refractivity contribution in [2.45, 2.75) is 86.0 Å². The third-order valence-corrected chi connectivity index (χ3v) is 3.61. The van der Waals surface area contributed by atoms with Gasteiger partial charge in [0.15, 0.2) is 0 Å². The van der Waals surface area contributed by atoms with Crippen LogP contribution in [0.2, 0.25) is 0 Å². The van der Waals surface area contributed by atoms with Crippen molar-refractivity contribution in [1.82, 2.24) is 9.80 Å². The number of nitrogens with zero attached hydrogens (tertiary/aromatic N) is 2. The third kappa shape index (κ3) is 7.97. The van der Waals surface area contributed by atoms with E-state index < -0.39 is 11.2 Å². The molecule has 0 N–H and O–H groups in total. The molecule has 1 atom stereocenters. The Morgan fingerprint density at radius 3 is 1.76 bits per heavy atom. The first-order chi connectivity index (χ1) is 11.1. The van der Waals surface area contributed by atoms with Crippen LogP contribution in [0.15, 0.2) is 0 Å². The molecule has 0 aromatic heterocycles. The molecule has 1 aliphatic heterocycles. The van der Waals surface area contributed by atoms with Crippen molar-refractivity contribution < 1.29 is 19.1 Å². The fraction of sp³-hybridized carbons (Fsp3) is 0.895. The Hall–Kier alpha value is -1.46. The molecule has 1 fully saturated rings. The van der Waals surface area contributed by atoms with E-state index in [1.165, 1.54) is 0 Å². The van der Waals surface area contributed by atoms with Gasteiger partial charge in [-0.05, 0) is 53.4 Å². The van der Waals surface area contributed by atoms with Gasteiger partial charge in [0.25, 0.3) is 0 Å². The van der Waals surface area contributed by atoms with Crippen LogP contribution in [0, 0.1) is 5.41 Å². The third-order valence-electron chi connectivity index (χ3n) is 3.61. The average Bonchev–Trinajstić information content (AvgIpc) is 2.32. The van der Waals surface area contributed by atoms with Gasteiger partial charge in [0, 0.05) is 19.6 Å². The molecule has 146 valence electrons. The predicted molar refractivity (Wildman–Crippen MR) is 98.6 cm³/mol. The molecule has 1 unspecified atom stereocenters. The highest BCUT2D eigenvalue weighted by Crippen LogP contribution is 2.27. The molecule has 0 aromatic carbocycles. The summed E-state index contributed by atoms with van der Waals surface area (Å²) in [5, 5.41) is 0. The second kappa shape index (κ2) is 7.42. The molecule has 1 saturated heterocycles. The second-order valence-corrected chi connectivity index (χ2v) is 10.0.